The highest BCUT2D eigenvalue weighted by molar-refractivity contribution is 6.35. The summed E-state index contributed by atoms with van der Waals surface area (Å²) in [7, 11) is 0. The molecule has 162 valence electrons. The lowest BCUT2D eigenvalue weighted by atomic mass is 10.1. The molecule has 1 amide bonds. The van der Waals surface area contributed by atoms with E-state index in [1.165, 1.54) is 6.07 Å². The zero-order valence-corrected chi connectivity index (χ0v) is 18.8. The van der Waals surface area contributed by atoms with Crippen molar-refractivity contribution in [1.29, 1.82) is 0 Å². The molecule has 0 aliphatic heterocycles. The molecule has 4 nitrogen and oxygen atoms in total. The Morgan fingerprint density at radius 3 is 2.59 bits per heavy atom. The van der Waals surface area contributed by atoms with E-state index in [1.54, 1.807) is 41.1 Å². The van der Waals surface area contributed by atoms with Gasteiger partial charge in [0.15, 0.2) is 0 Å². The van der Waals surface area contributed by atoms with Crippen LogP contribution in [-0.4, -0.2) is 22.2 Å². The number of hydrogen-bond acceptors (Lipinski definition) is 2. The molecule has 32 heavy (non-hydrogen) atoms. The smallest absolute Gasteiger partial charge is 0.270 e. The predicted octanol–water partition coefficient (Wildman–Crippen LogP) is 6.27. The molecule has 0 spiro atoms. The summed E-state index contributed by atoms with van der Waals surface area (Å²) in [5.74, 6) is -0.711. The third-order valence-corrected chi connectivity index (χ3v) is 5.62. The van der Waals surface area contributed by atoms with Gasteiger partial charge in [0.05, 0.1) is 11.4 Å². The van der Waals surface area contributed by atoms with E-state index >= 15 is 0 Å². The molecule has 1 aromatic heterocycles. The molecule has 0 radical (unpaired) electrons. The third-order valence-electron chi connectivity index (χ3n) is 5.03. The predicted molar refractivity (Wildman–Crippen MR) is 126 cm³/mol. The van der Waals surface area contributed by atoms with Gasteiger partial charge in [-0.15, -0.1) is 0 Å². The first kappa shape index (κ1) is 22.1. The molecule has 4 rings (SSSR count). The van der Waals surface area contributed by atoms with Gasteiger partial charge in [-0.25, -0.2) is 9.07 Å². The molecule has 0 atom stereocenters. The molecular formula is C25H20Cl2FN3O. The molecule has 0 aliphatic carbocycles. The van der Waals surface area contributed by atoms with Gasteiger partial charge in [-0.1, -0.05) is 53.5 Å². The Balaban J connectivity index is 1.62. The second kappa shape index (κ2) is 9.55. The van der Waals surface area contributed by atoms with Gasteiger partial charge in [0, 0.05) is 22.2 Å². The average molecular weight is 468 g/mol. The molecular weight excluding hydrogens is 448 g/mol. The zero-order valence-electron chi connectivity index (χ0n) is 17.3. The number of nitrogens with zero attached hydrogens (tertiary/aromatic N) is 2. The van der Waals surface area contributed by atoms with E-state index in [9.17, 15) is 9.18 Å². The van der Waals surface area contributed by atoms with Gasteiger partial charge < -0.3 is 5.32 Å². The van der Waals surface area contributed by atoms with Gasteiger partial charge in [0.25, 0.3) is 5.91 Å². The van der Waals surface area contributed by atoms with E-state index in [0.717, 1.165) is 16.8 Å². The summed E-state index contributed by atoms with van der Waals surface area (Å²) in [6.45, 7) is 2.33. The summed E-state index contributed by atoms with van der Waals surface area (Å²) in [5, 5.41) is 8.57. The zero-order chi connectivity index (χ0) is 22.7. The Labute approximate surface area is 195 Å². The average Bonchev–Trinajstić information content (AvgIpc) is 3.21. The highest BCUT2D eigenvalue weighted by atomic mass is 35.5. The van der Waals surface area contributed by atoms with Gasteiger partial charge in [-0.05, 0) is 66.9 Å². The van der Waals surface area contributed by atoms with Gasteiger partial charge >= 0.3 is 0 Å². The van der Waals surface area contributed by atoms with Crippen LogP contribution in [0.25, 0.3) is 16.9 Å². The third kappa shape index (κ3) is 4.85. The Kier molecular flexibility index (Phi) is 6.58. The number of halogens is 3. The molecule has 3 aromatic carbocycles. The fraction of sp³-hybridized carbons (Fsp3) is 0.120. The monoisotopic (exact) mass is 467 g/mol. The van der Waals surface area contributed by atoms with E-state index in [2.05, 4.69) is 10.4 Å². The summed E-state index contributed by atoms with van der Waals surface area (Å²) in [6, 6.07) is 20.9. The molecule has 7 heteroatoms. The normalized spacial score (nSPS) is 10.9. The van der Waals surface area contributed by atoms with Gasteiger partial charge in [-0.2, -0.15) is 5.10 Å². The first-order valence-corrected chi connectivity index (χ1v) is 10.8. The molecule has 0 fully saturated rings. The lowest BCUT2D eigenvalue weighted by molar-refractivity contribution is 0.0946. The van der Waals surface area contributed by atoms with Crippen LogP contribution in [0, 0.1) is 12.7 Å². The number of rotatable bonds is 6. The molecule has 1 N–H and O–H groups in total. The molecule has 0 saturated carbocycles. The molecule has 1 heterocycles. The topological polar surface area (TPSA) is 46.9 Å². The lowest BCUT2D eigenvalue weighted by Gasteiger charge is -2.10. The minimum absolute atomic E-state index is 0.313. The summed E-state index contributed by atoms with van der Waals surface area (Å²) in [4.78, 5) is 13.1. The van der Waals surface area contributed by atoms with Crippen LogP contribution >= 0.6 is 23.2 Å². The van der Waals surface area contributed by atoms with Crippen LogP contribution in [0.15, 0.2) is 72.8 Å². The van der Waals surface area contributed by atoms with E-state index in [1.807, 2.05) is 37.3 Å². The summed E-state index contributed by atoms with van der Waals surface area (Å²) >= 11 is 12.2. The van der Waals surface area contributed by atoms with Crippen molar-refractivity contribution in [2.75, 3.05) is 6.54 Å². The van der Waals surface area contributed by atoms with E-state index < -0.39 is 5.82 Å². The van der Waals surface area contributed by atoms with Crippen LogP contribution in [0.4, 0.5) is 4.39 Å². The maximum absolute atomic E-state index is 14.4. The Bertz CT molecular complexity index is 1290. The Hall–Kier alpha value is -3.15. The largest absolute Gasteiger partial charge is 0.350 e. The van der Waals surface area contributed by atoms with E-state index in [0.29, 0.717) is 40.0 Å². The maximum atomic E-state index is 14.4. The van der Waals surface area contributed by atoms with Crippen LogP contribution in [0.2, 0.25) is 10.0 Å². The first-order chi connectivity index (χ1) is 15.4. The molecule has 0 saturated heterocycles. The van der Waals surface area contributed by atoms with Crippen LogP contribution in [-0.2, 0) is 6.42 Å². The number of amides is 1. The quantitative estimate of drug-likeness (QED) is 0.363. The van der Waals surface area contributed by atoms with Crippen molar-refractivity contribution in [1.82, 2.24) is 15.1 Å². The van der Waals surface area contributed by atoms with Crippen LogP contribution in [0.1, 0.15) is 21.6 Å². The molecule has 0 bridgehead atoms. The van der Waals surface area contributed by atoms with E-state index in [4.69, 9.17) is 23.2 Å². The van der Waals surface area contributed by atoms with Crippen molar-refractivity contribution in [2.24, 2.45) is 0 Å². The van der Waals surface area contributed by atoms with E-state index in [-0.39, 0.29) is 5.91 Å². The fourth-order valence-corrected chi connectivity index (χ4v) is 3.93. The highest BCUT2D eigenvalue weighted by Gasteiger charge is 2.19. The molecule has 4 aromatic rings. The SMILES string of the molecule is Cc1cccc(-n2nc(-c3ccccc3F)cc2C(=O)NCCc2ccc(Cl)cc2Cl)c1. The first-order valence-electron chi connectivity index (χ1n) is 10.1. The summed E-state index contributed by atoms with van der Waals surface area (Å²) < 4.78 is 15.9. The minimum Gasteiger partial charge on any atom is -0.350 e. The van der Waals surface area contributed by atoms with Crippen LogP contribution < -0.4 is 5.32 Å². The maximum Gasteiger partial charge on any atom is 0.270 e. The number of aryl methyl sites for hydroxylation is 1. The van der Waals surface area contributed by atoms with Crippen molar-refractivity contribution in [3.8, 4) is 16.9 Å². The highest BCUT2D eigenvalue weighted by Crippen LogP contribution is 2.25. The summed E-state index contributed by atoms with van der Waals surface area (Å²) in [6.07, 6.45) is 0.542. The number of carbonyl (C=O) groups excluding carboxylic acids is 1. The lowest BCUT2D eigenvalue weighted by Crippen LogP contribution is -2.28. The number of aromatic nitrogens is 2. The van der Waals surface area contributed by atoms with Crippen molar-refractivity contribution in [3.05, 3.63) is 105 Å². The number of carbonyl (C=O) groups is 1. The van der Waals surface area contributed by atoms with Crippen LogP contribution in [0.3, 0.4) is 0 Å². The Morgan fingerprint density at radius 2 is 1.84 bits per heavy atom. The van der Waals surface area contributed by atoms with Gasteiger partial charge in [0.2, 0.25) is 0 Å². The van der Waals surface area contributed by atoms with Crippen molar-refractivity contribution in [2.45, 2.75) is 13.3 Å². The standard InChI is InChI=1S/C25H20Cl2FN3O/c1-16-5-4-6-19(13-16)31-24(15-23(30-31)20-7-2-3-8-22(20)28)25(32)29-12-11-17-9-10-18(26)14-21(17)27/h2-10,13-15H,11-12H2,1H3,(H,29,32). The number of nitrogens with one attached hydrogen (secondary N) is 1. The van der Waals surface area contributed by atoms with Crippen molar-refractivity contribution in [3.63, 3.8) is 0 Å². The van der Waals surface area contributed by atoms with Gasteiger partial charge in [0.1, 0.15) is 11.5 Å². The van der Waals surface area contributed by atoms with Gasteiger partial charge in [-0.3, -0.25) is 4.79 Å². The number of benzene rings is 3. The molecule has 0 aliphatic rings. The van der Waals surface area contributed by atoms with Crippen molar-refractivity contribution >= 4 is 29.1 Å². The second-order valence-electron chi connectivity index (χ2n) is 7.39. The molecule has 0 unspecified atom stereocenters. The fourth-order valence-electron chi connectivity index (χ4n) is 3.43. The van der Waals surface area contributed by atoms with Crippen LogP contribution in [0.5, 0.6) is 0 Å². The minimum atomic E-state index is -0.397. The second-order valence-corrected chi connectivity index (χ2v) is 8.23. The number of hydrogen-bond donors (Lipinski definition) is 1. The Morgan fingerprint density at radius 1 is 1.03 bits per heavy atom. The van der Waals surface area contributed by atoms with Crippen molar-refractivity contribution < 1.29 is 9.18 Å². The summed E-state index contributed by atoms with van der Waals surface area (Å²) in [5.41, 5.74) is 3.66.